The summed E-state index contributed by atoms with van der Waals surface area (Å²) < 4.78 is 15.1. The molecule has 0 amide bonds. The van der Waals surface area contributed by atoms with Crippen LogP contribution in [-0.2, 0) is 11.0 Å². The number of rotatable bonds is 5. The van der Waals surface area contributed by atoms with Gasteiger partial charge in [-0.25, -0.2) is 13.9 Å². The molecule has 2 rings (SSSR count). The molecule has 0 radical (unpaired) electrons. The first-order valence-corrected chi connectivity index (χ1v) is 9.17. The highest BCUT2D eigenvalue weighted by atomic mass is 32.2. The van der Waals surface area contributed by atoms with Crippen LogP contribution in [0, 0.1) is 6.92 Å². The number of thiazole rings is 1. The van der Waals surface area contributed by atoms with Crippen molar-refractivity contribution in [2.45, 2.75) is 38.5 Å². The van der Waals surface area contributed by atoms with Crippen LogP contribution in [0.2, 0.25) is 0 Å². The number of aromatic nitrogens is 1. The Morgan fingerprint density at radius 3 is 2.41 bits per heavy atom. The van der Waals surface area contributed by atoms with Crippen molar-refractivity contribution in [3.63, 3.8) is 0 Å². The third kappa shape index (κ3) is 3.91. The van der Waals surface area contributed by atoms with Crippen LogP contribution in [0.4, 0.5) is 0 Å². The molecule has 3 nitrogen and oxygen atoms in total. The van der Waals surface area contributed by atoms with E-state index in [-0.39, 0.29) is 10.8 Å². The lowest BCUT2D eigenvalue weighted by atomic mass is 10.0. The third-order valence-electron chi connectivity index (χ3n) is 3.30. The van der Waals surface area contributed by atoms with Crippen LogP contribution in [0.5, 0.6) is 0 Å². The van der Waals surface area contributed by atoms with E-state index in [0.29, 0.717) is 0 Å². The second kappa shape index (κ2) is 6.86. The monoisotopic (exact) mass is 334 g/mol. The van der Waals surface area contributed by atoms with Gasteiger partial charge in [0.25, 0.3) is 0 Å². The molecule has 0 fully saturated rings. The topological polar surface area (TPSA) is 42.0 Å². The van der Waals surface area contributed by atoms with E-state index in [2.05, 4.69) is 28.4 Å². The van der Waals surface area contributed by atoms with Crippen molar-refractivity contribution >= 4 is 22.3 Å². The van der Waals surface area contributed by atoms with E-state index in [1.54, 1.807) is 17.4 Å². The molecule has 0 aliphatic heterocycles. The van der Waals surface area contributed by atoms with Gasteiger partial charge < -0.3 is 0 Å². The van der Waals surface area contributed by atoms with E-state index in [0.717, 1.165) is 16.8 Å². The fourth-order valence-corrected chi connectivity index (χ4v) is 3.59. The van der Waals surface area contributed by atoms with Crippen molar-refractivity contribution in [2.75, 3.05) is 0 Å². The molecule has 0 saturated heterocycles. The highest BCUT2D eigenvalue weighted by Crippen LogP contribution is 2.28. The van der Waals surface area contributed by atoms with E-state index in [9.17, 15) is 4.21 Å². The predicted molar refractivity (Wildman–Crippen MR) is 96.3 cm³/mol. The Hall–Kier alpha value is -1.30. The van der Waals surface area contributed by atoms with Gasteiger partial charge in [0.15, 0.2) is 0 Å². The zero-order valence-corrected chi connectivity index (χ0v) is 15.1. The summed E-state index contributed by atoms with van der Waals surface area (Å²) >= 11 is 1.64. The maximum absolute atomic E-state index is 12.3. The fourth-order valence-electron chi connectivity index (χ4n) is 1.97. The van der Waals surface area contributed by atoms with E-state index in [1.807, 2.05) is 45.3 Å². The Kier molecular flexibility index (Phi) is 5.32. The van der Waals surface area contributed by atoms with E-state index < -0.39 is 11.0 Å². The highest BCUT2D eigenvalue weighted by molar-refractivity contribution is 7.84. The van der Waals surface area contributed by atoms with Crippen molar-refractivity contribution < 1.29 is 4.21 Å². The average molecular weight is 335 g/mol. The molecule has 1 aromatic carbocycles. The first-order valence-electron chi connectivity index (χ1n) is 7.14. The van der Waals surface area contributed by atoms with Gasteiger partial charge in [-0.3, -0.25) is 0 Å². The van der Waals surface area contributed by atoms with Gasteiger partial charge in [0.1, 0.15) is 0 Å². The molecular weight excluding hydrogens is 312 g/mol. The Labute approximate surface area is 139 Å². The van der Waals surface area contributed by atoms with Crippen LogP contribution in [0.3, 0.4) is 0 Å². The van der Waals surface area contributed by atoms with Gasteiger partial charge in [0.2, 0.25) is 0 Å². The summed E-state index contributed by atoms with van der Waals surface area (Å²) in [6, 6.07) is 8.13. The lowest BCUT2D eigenvalue weighted by Crippen LogP contribution is -2.35. The molecule has 0 unspecified atom stereocenters. The molecule has 1 N–H and O–H groups in total. The minimum Gasteiger partial charge on any atom is -0.249 e. The minimum atomic E-state index is -1.14. The van der Waals surface area contributed by atoms with Crippen molar-refractivity contribution in [3.8, 4) is 10.4 Å². The van der Waals surface area contributed by atoms with Crippen LogP contribution in [0.1, 0.15) is 38.1 Å². The Morgan fingerprint density at radius 2 is 1.95 bits per heavy atom. The summed E-state index contributed by atoms with van der Waals surface area (Å²) in [5.74, 6) is 0. The largest absolute Gasteiger partial charge is 0.249 e. The van der Waals surface area contributed by atoms with Gasteiger partial charge in [0, 0.05) is 0 Å². The van der Waals surface area contributed by atoms with Gasteiger partial charge in [-0.2, -0.15) is 0 Å². The van der Waals surface area contributed by atoms with Gasteiger partial charge >= 0.3 is 0 Å². The molecule has 1 heterocycles. The average Bonchev–Trinajstić information content (AvgIpc) is 2.90. The van der Waals surface area contributed by atoms with E-state index >= 15 is 0 Å². The Bertz CT molecular complexity index is 669. The number of hydrogen-bond acceptors (Lipinski definition) is 3. The summed E-state index contributed by atoms with van der Waals surface area (Å²) in [7, 11) is -1.14. The molecule has 0 aliphatic carbocycles. The smallest absolute Gasteiger partial charge is 0.0978 e. The molecule has 2 aromatic rings. The van der Waals surface area contributed by atoms with Crippen molar-refractivity contribution in [1.82, 2.24) is 9.71 Å². The Balaban J connectivity index is 2.19. The maximum Gasteiger partial charge on any atom is 0.0978 e. The second-order valence-corrected chi connectivity index (χ2v) is 8.95. The maximum atomic E-state index is 12.3. The minimum absolute atomic E-state index is 0.128. The van der Waals surface area contributed by atoms with Gasteiger partial charge in [-0.05, 0) is 38.8 Å². The van der Waals surface area contributed by atoms with Crippen LogP contribution >= 0.6 is 11.3 Å². The normalized spacial score (nSPS) is 14.5. The lowest BCUT2D eigenvalue weighted by molar-refractivity contribution is 0.626. The van der Waals surface area contributed by atoms with Crippen molar-refractivity contribution in [2.24, 2.45) is 0 Å². The van der Waals surface area contributed by atoms with Gasteiger partial charge in [-0.1, -0.05) is 30.3 Å². The standard InChI is InChI=1S/C17H22N2OS2/c1-6-15(19-22(20)17(3,4)5)13-7-9-14(10-8-13)16-12(2)18-11-21-16/h6-11,15,19H,1H2,2-5H3/t15-,22+/m0/s1. The zero-order valence-electron chi connectivity index (χ0n) is 13.4. The molecule has 2 atom stereocenters. The summed E-state index contributed by atoms with van der Waals surface area (Å²) in [6.07, 6.45) is 1.79. The lowest BCUT2D eigenvalue weighted by Gasteiger charge is -2.22. The quantitative estimate of drug-likeness (QED) is 0.824. The molecular formula is C17H22N2OS2. The third-order valence-corrected chi connectivity index (χ3v) is 5.86. The van der Waals surface area contributed by atoms with E-state index in [4.69, 9.17) is 0 Å². The predicted octanol–water partition coefficient (Wildman–Crippen LogP) is 4.40. The van der Waals surface area contributed by atoms with Crippen LogP contribution in [-0.4, -0.2) is 13.9 Å². The number of hydrogen-bond donors (Lipinski definition) is 1. The summed E-state index contributed by atoms with van der Waals surface area (Å²) in [4.78, 5) is 5.47. The highest BCUT2D eigenvalue weighted by Gasteiger charge is 2.22. The van der Waals surface area contributed by atoms with Crippen molar-refractivity contribution in [1.29, 1.82) is 0 Å². The number of benzene rings is 1. The van der Waals surface area contributed by atoms with Gasteiger partial charge in [0.05, 0.1) is 37.9 Å². The van der Waals surface area contributed by atoms with Crippen molar-refractivity contribution in [3.05, 3.63) is 53.7 Å². The molecule has 22 heavy (non-hydrogen) atoms. The molecule has 0 spiro atoms. The van der Waals surface area contributed by atoms with Gasteiger partial charge in [-0.15, -0.1) is 17.9 Å². The summed E-state index contributed by atoms with van der Waals surface area (Å²) in [6.45, 7) is 11.7. The number of nitrogens with one attached hydrogen (secondary N) is 1. The Morgan fingerprint density at radius 1 is 1.32 bits per heavy atom. The molecule has 0 saturated carbocycles. The molecule has 1 aromatic heterocycles. The fraction of sp³-hybridized carbons (Fsp3) is 0.353. The van der Waals surface area contributed by atoms with E-state index in [1.165, 1.54) is 4.88 Å². The van der Waals surface area contributed by atoms with Crippen LogP contribution in [0.25, 0.3) is 10.4 Å². The summed E-state index contributed by atoms with van der Waals surface area (Å²) in [5, 5.41) is 0. The SMILES string of the molecule is C=C[C@H](N[S@](=O)C(C)(C)C)c1ccc(-c2scnc2C)cc1. The number of nitrogens with zero attached hydrogens (tertiary/aromatic N) is 1. The first-order chi connectivity index (χ1) is 10.3. The summed E-state index contributed by atoms with van der Waals surface area (Å²) in [5.41, 5.74) is 5.12. The second-order valence-electron chi connectivity index (χ2n) is 6.10. The molecule has 118 valence electrons. The van der Waals surface area contributed by atoms with Crippen LogP contribution < -0.4 is 4.72 Å². The molecule has 0 aliphatic rings. The molecule has 0 bridgehead atoms. The number of aryl methyl sites for hydroxylation is 1. The zero-order chi connectivity index (χ0) is 16.3. The first kappa shape index (κ1) is 17.1. The van der Waals surface area contributed by atoms with Crippen LogP contribution in [0.15, 0.2) is 42.4 Å². The molecule has 5 heteroatoms.